The summed E-state index contributed by atoms with van der Waals surface area (Å²) in [5, 5.41) is 11.0. The fraction of sp³-hybridized carbons (Fsp3) is 0.125. The van der Waals surface area contributed by atoms with Gasteiger partial charge in [-0.1, -0.05) is 12.1 Å². The molecule has 0 fully saturated rings. The third kappa shape index (κ3) is 1.48. The predicted octanol–water partition coefficient (Wildman–Crippen LogP) is 0.247. The van der Waals surface area contributed by atoms with Crippen LogP contribution in [0, 0.1) is 7.05 Å². The molecule has 0 saturated carbocycles. The van der Waals surface area contributed by atoms with E-state index in [0.29, 0.717) is 5.75 Å². The number of aromatic hydroxyl groups is 1. The van der Waals surface area contributed by atoms with Crippen molar-refractivity contribution in [3.05, 3.63) is 36.9 Å². The molecule has 2 nitrogen and oxygen atoms in total. The van der Waals surface area contributed by atoms with Gasteiger partial charge in [0, 0.05) is 5.56 Å². The third-order valence-electron chi connectivity index (χ3n) is 1.36. The number of nitrogens with two attached hydrogens (primary N) is 1. The van der Waals surface area contributed by atoms with E-state index in [1.54, 1.807) is 11.4 Å². The molecule has 0 atom stereocenters. The topological polar surface area (TPSA) is 36.8 Å². The number of quaternary nitrogens is 1. The molecule has 1 rings (SSSR count). The van der Waals surface area contributed by atoms with Crippen molar-refractivity contribution in [2.75, 3.05) is 0 Å². The Morgan fingerprint density at radius 3 is 2.70 bits per heavy atom. The lowest BCUT2D eigenvalue weighted by Crippen LogP contribution is -2.74. The zero-order chi connectivity index (χ0) is 7.40. The summed E-state index contributed by atoms with van der Waals surface area (Å²) in [7, 11) is 3.59. The van der Waals surface area contributed by atoms with Crippen molar-refractivity contribution in [2.45, 2.75) is 6.54 Å². The number of benzene rings is 1. The standard InChI is InChI=1S/C8H11NO/c1-9-6-7-4-2-3-5-8(7)10/h2-5,10H,1,6,9H2. The van der Waals surface area contributed by atoms with E-state index in [0.717, 1.165) is 12.1 Å². The Morgan fingerprint density at radius 2 is 2.10 bits per heavy atom. The average Bonchev–Trinajstić information content (AvgIpc) is 1.94. The molecule has 0 heterocycles. The highest BCUT2D eigenvalue weighted by molar-refractivity contribution is 5.30. The van der Waals surface area contributed by atoms with Gasteiger partial charge in [-0.25, -0.2) is 0 Å². The lowest BCUT2D eigenvalue weighted by Gasteiger charge is -2.01. The molecule has 10 heavy (non-hydrogen) atoms. The Balaban J connectivity index is 2.81. The maximum absolute atomic E-state index is 9.19. The first kappa shape index (κ1) is 7.09. The SMILES string of the molecule is [CH2-][NH2+]Cc1ccccc1O. The van der Waals surface area contributed by atoms with Crippen molar-refractivity contribution < 1.29 is 10.4 Å². The summed E-state index contributed by atoms with van der Waals surface area (Å²) < 4.78 is 0. The van der Waals surface area contributed by atoms with E-state index in [1.807, 2.05) is 18.2 Å². The summed E-state index contributed by atoms with van der Waals surface area (Å²) in [6, 6.07) is 7.27. The molecule has 0 unspecified atom stereocenters. The smallest absolute Gasteiger partial charge is 0.124 e. The minimum absolute atomic E-state index is 0.349. The second kappa shape index (κ2) is 3.22. The van der Waals surface area contributed by atoms with E-state index in [9.17, 15) is 5.11 Å². The Kier molecular flexibility index (Phi) is 2.29. The van der Waals surface area contributed by atoms with Crippen molar-refractivity contribution in [3.8, 4) is 5.75 Å². The van der Waals surface area contributed by atoms with Gasteiger partial charge in [0.15, 0.2) is 0 Å². The first-order chi connectivity index (χ1) is 4.84. The van der Waals surface area contributed by atoms with Gasteiger partial charge in [0.1, 0.15) is 5.75 Å². The van der Waals surface area contributed by atoms with Crippen LogP contribution in [-0.2, 0) is 6.54 Å². The second-order valence-electron chi connectivity index (χ2n) is 2.12. The molecule has 0 aliphatic carbocycles. The molecule has 0 amide bonds. The molecule has 1 aromatic carbocycles. The van der Waals surface area contributed by atoms with Gasteiger partial charge in [-0.05, 0) is 12.1 Å². The molecule has 0 bridgehead atoms. The van der Waals surface area contributed by atoms with Gasteiger partial charge in [0.2, 0.25) is 0 Å². The van der Waals surface area contributed by atoms with Crippen LogP contribution >= 0.6 is 0 Å². The van der Waals surface area contributed by atoms with Crippen LogP contribution in [0.2, 0.25) is 0 Å². The highest BCUT2D eigenvalue weighted by Gasteiger charge is 1.95. The number of phenolic OH excluding ortho intramolecular Hbond substituents is 1. The molecule has 3 N–H and O–H groups in total. The highest BCUT2D eigenvalue weighted by atomic mass is 16.3. The van der Waals surface area contributed by atoms with Gasteiger partial charge in [-0.15, -0.1) is 0 Å². The molecule has 0 spiro atoms. The van der Waals surface area contributed by atoms with Gasteiger partial charge in [0.05, 0.1) is 6.54 Å². The summed E-state index contributed by atoms with van der Waals surface area (Å²) in [5.74, 6) is 0.349. The van der Waals surface area contributed by atoms with E-state index < -0.39 is 0 Å². The van der Waals surface area contributed by atoms with Crippen molar-refractivity contribution in [3.63, 3.8) is 0 Å². The van der Waals surface area contributed by atoms with Crippen LogP contribution in [0.1, 0.15) is 5.56 Å². The molecule has 0 saturated heterocycles. The van der Waals surface area contributed by atoms with Crippen LogP contribution in [0.4, 0.5) is 0 Å². The quantitative estimate of drug-likeness (QED) is 0.563. The zero-order valence-electron chi connectivity index (χ0n) is 5.75. The molecule has 1 aromatic rings. The Hall–Kier alpha value is -1.02. The van der Waals surface area contributed by atoms with Crippen LogP contribution in [0.25, 0.3) is 0 Å². The van der Waals surface area contributed by atoms with Crippen molar-refractivity contribution >= 4 is 0 Å². The Bertz CT molecular complexity index is 210. The number of hydrogen-bond donors (Lipinski definition) is 2. The van der Waals surface area contributed by atoms with Crippen molar-refractivity contribution in [2.24, 2.45) is 0 Å². The minimum Gasteiger partial charge on any atom is -0.507 e. The van der Waals surface area contributed by atoms with E-state index >= 15 is 0 Å². The molecule has 0 aliphatic rings. The van der Waals surface area contributed by atoms with E-state index in [2.05, 4.69) is 7.05 Å². The summed E-state index contributed by atoms with van der Waals surface area (Å²) in [6.45, 7) is 0.729. The lowest BCUT2D eigenvalue weighted by atomic mass is 10.2. The number of hydrogen-bond acceptors (Lipinski definition) is 1. The first-order valence-corrected chi connectivity index (χ1v) is 3.22. The van der Waals surface area contributed by atoms with Crippen molar-refractivity contribution in [1.29, 1.82) is 0 Å². The van der Waals surface area contributed by atoms with Gasteiger partial charge >= 0.3 is 0 Å². The van der Waals surface area contributed by atoms with Crippen LogP contribution in [0.15, 0.2) is 24.3 Å². The molecular formula is C8H11NO. The van der Waals surface area contributed by atoms with Crippen LogP contribution in [0.5, 0.6) is 5.75 Å². The molecule has 54 valence electrons. The largest absolute Gasteiger partial charge is 0.507 e. The third-order valence-corrected chi connectivity index (χ3v) is 1.36. The van der Waals surface area contributed by atoms with Gasteiger partial charge in [-0.3, -0.25) is 0 Å². The summed E-state index contributed by atoms with van der Waals surface area (Å²) in [4.78, 5) is 0. The summed E-state index contributed by atoms with van der Waals surface area (Å²) in [5.41, 5.74) is 0.928. The summed E-state index contributed by atoms with van der Waals surface area (Å²) >= 11 is 0. The maximum atomic E-state index is 9.19. The Labute approximate surface area is 60.5 Å². The Morgan fingerprint density at radius 1 is 1.40 bits per heavy atom. The number of rotatable bonds is 2. The van der Waals surface area contributed by atoms with Crippen LogP contribution in [0.3, 0.4) is 0 Å². The molecular weight excluding hydrogens is 126 g/mol. The van der Waals surface area contributed by atoms with E-state index in [4.69, 9.17) is 0 Å². The van der Waals surface area contributed by atoms with Crippen LogP contribution < -0.4 is 5.32 Å². The average molecular weight is 137 g/mol. The van der Waals surface area contributed by atoms with Crippen molar-refractivity contribution in [1.82, 2.24) is 0 Å². The molecule has 0 aliphatic heterocycles. The monoisotopic (exact) mass is 137 g/mol. The number of phenols is 1. The highest BCUT2D eigenvalue weighted by Crippen LogP contribution is 2.13. The maximum Gasteiger partial charge on any atom is 0.124 e. The summed E-state index contributed by atoms with van der Waals surface area (Å²) in [6.07, 6.45) is 0. The van der Waals surface area contributed by atoms with E-state index in [-0.39, 0.29) is 0 Å². The van der Waals surface area contributed by atoms with Gasteiger partial charge < -0.3 is 10.4 Å². The van der Waals surface area contributed by atoms with Crippen LogP contribution in [-0.4, -0.2) is 5.11 Å². The minimum atomic E-state index is 0.349. The fourth-order valence-electron chi connectivity index (χ4n) is 0.839. The van der Waals surface area contributed by atoms with E-state index in [1.165, 1.54) is 0 Å². The van der Waals surface area contributed by atoms with Gasteiger partial charge in [-0.2, -0.15) is 7.05 Å². The molecule has 0 radical (unpaired) electrons. The lowest BCUT2D eigenvalue weighted by molar-refractivity contribution is -0.612. The zero-order valence-corrected chi connectivity index (χ0v) is 5.75. The fourth-order valence-corrected chi connectivity index (χ4v) is 0.839. The normalized spacial score (nSPS) is 9.70. The van der Waals surface area contributed by atoms with Gasteiger partial charge in [0.25, 0.3) is 0 Å². The number of para-hydroxylation sites is 1. The molecule has 0 aromatic heterocycles. The first-order valence-electron chi connectivity index (χ1n) is 3.22. The molecule has 2 heteroatoms. The second-order valence-corrected chi connectivity index (χ2v) is 2.12. The predicted molar refractivity (Wildman–Crippen MR) is 39.1 cm³/mol.